The van der Waals surface area contributed by atoms with Crippen molar-refractivity contribution in [1.82, 2.24) is 9.88 Å². The summed E-state index contributed by atoms with van der Waals surface area (Å²) in [7, 11) is 0. The lowest BCUT2D eigenvalue weighted by atomic mass is 10.2. The van der Waals surface area contributed by atoms with Crippen molar-refractivity contribution in [3.05, 3.63) is 58.9 Å². The van der Waals surface area contributed by atoms with Crippen LogP contribution in [0.25, 0.3) is 11.1 Å². The molecule has 0 fully saturated rings. The molecule has 3 aromatic rings. The Balaban J connectivity index is 2.04. The Morgan fingerprint density at radius 3 is 2.82 bits per heavy atom. The molecule has 22 heavy (non-hydrogen) atoms. The number of aromatic nitrogens is 1. The van der Waals surface area contributed by atoms with Crippen molar-refractivity contribution in [2.24, 2.45) is 0 Å². The van der Waals surface area contributed by atoms with Gasteiger partial charge >= 0.3 is 0 Å². The standard InChI is InChI=1S/C17H17ClN2O2/c1-11(2)19-17(21)15-9-16-14(7-8-22-16)20(15)10-12-5-3-4-6-13(12)18/h3-9,11H,10H2,1-2H3,(H,19,21). The van der Waals surface area contributed by atoms with Crippen LogP contribution in [0.2, 0.25) is 5.02 Å². The second-order valence-electron chi connectivity index (χ2n) is 5.51. The minimum absolute atomic E-state index is 0.0717. The summed E-state index contributed by atoms with van der Waals surface area (Å²) < 4.78 is 7.36. The van der Waals surface area contributed by atoms with Crippen molar-refractivity contribution >= 4 is 28.6 Å². The average molecular weight is 317 g/mol. The van der Waals surface area contributed by atoms with Crippen LogP contribution in [0.15, 0.2) is 47.1 Å². The van der Waals surface area contributed by atoms with E-state index < -0.39 is 0 Å². The van der Waals surface area contributed by atoms with Crippen molar-refractivity contribution in [3.8, 4) is 0 Å². The van der Waals surface area contributed by atoms with Gasteiger partial charge < -0.3 is 14.3 Å². The second-order valence-corrected chi connectivity index (χ2v) is 5.91. The van der Waals surface area contributed by atoms with Crippen LogP contribution in [-0.2, 0) is 6.54 Å². The molecule has 0 aliphatic heterocycles. The topological polar surface area (TPSA) is 47.2 Å². The van der Waals surface area contributed by atoms with Crippen LogP contribution in [0.3, 0.4) is 0 Å². The maximum Gasteiger partial charge on any atom is 0.268 e. The summed E-state index contributed by atoms with van der Waals surface area (Å²) in [6, 6.07) is 11.3. The van der Waals surface area contributed by atoms with Gasteiger partial charge in [-0.3, -0.25) is 4.79 Å². The van der Waals surface area contributed by atoms with Gasteiger partial charge in [0, 0.05) is 29.7 Å². The molecule has 0 unspecified atom stereocenters. The quantitative estimate of drug-likeness (QED) is 0.788. The van der Waals surface area contributed by atoms with Crippen molar-refractivity contribution in [1.29, 1.82) is 0 Å². The highest BCUT2D eigenvalue weighted by molar-refractivity contribution is 6.31. The van der Waals surface area contributed by atoms with Crippen molar-refractivity contribution < 1.29 is 9.21 Å². The van der Waals surface area contributed by atoms with Crippen LogP contribution in [0.5, 0.6) is 0 Å². The number of fused-ring (bicyclic) bond motifs is 1. The fourth-order valence-electron chi connectivity index (χ4n) is 2.47. The molecule has 0 aliphatic rings. The van der Waals surface area contributed by atoms with E-state index in [-0.39, 0.29) is 11.9 Å². The van der Waals surface area contributed by atoms with Gasteiger partial charge in [0.25, 0.3) is 5.91 Å². The molecular formula is C17H17ClN2O2. The molecule has 114 valence electrons. The Morgan fingerprint density at radius 1 is 1.32 bits per heavy atom. The molecule has 0 aliphatic carbocycles. The van der Waals surface area contributed by atoms with Crippen LogP contribution in [0.4, 0.5) is 0 Å². The SMILES string of the molecule is CC(C)NC(=O)c1cc2occc2n1Cc1ccccc1Cl. The Morgan fingerprint density at radius 2 is 2.09 bits per heavy atom. The van der Waals surface area contributed by atoms with Gasteiger partial charge in [-0.05, 0) is 25.5 Å². The first-order valence-corrected chi connectivity index (χ1v) is 7.55. The van der Waals surface area contributed by atoms with E-state index in [1.165, 1.54) is 0 Å². The molecule has 4 nitrogen and oxygen atoms in total. The van der Waals surface area contributed by atoms with Crippen molar-refractivity contribution in [3.63, 3.8) is 0 Å². The number of halogens is 1. The second kappa shape index (κ2) is 5.89. The first kappa shape index (κ1) is 14.7. The molecule has 1 amide bonds. The summed E-state index contributed by atoms with van der Waals surface area (Å²) in [5.74, 6) is -0.117. The summed E-state index contributed by atoms with van der Waals surface area (Å²) in [4.78, 5) is 12.4. The van der Waals surface area contributed by atoms with Gasteiger partial charge in [0.05, 0.1) is 11.8 Å². The van der Waals surface area contributed by atoms with Crippen LogP contribution < -0.4 is 5.32 Å². The molecule has 3 rings (SSSR count). The number of carbonyl (C=O) groups is 1. The number of furan rings is 1. The smallest absolute Gasteiger partial charge is 0.268 e. The fourth-order valence-corrected chi connectivity index (χ4v) is 2.66. The number of hydrogen-bond donors (Lipinski definition) is 1. The van der Waals surface area contributed by atoms with Gasteiger partial charge in [-0.15, -0.1) is 0 Å². The van der Waals surface area contributed by atoms with Gasteiger partial charge in [-0.1, -0.05) is 29.8 Å². The molecular weight excluding hydrogens is 300 g/mol. The highest BCUT2D eigenvalue weighted by Gasteiger charge is 2.18. The third-order valence-corrected chi connectivity index (χ3v) is 3.83. The largest absolute Gasteiger partial charge is 0.463 e. The number of carbonyl (C=O) groups excluding carboxylic acids is 1. The number of rotatable bonds is 4. The van der Waals surface area contributed by atoms with Gasteiger partial charge in [-0.2, -0.15) is 0 Å². The first-order chi connectivity index (χ1) is 10.6. The normalized spacial score (nSPS) is 11.3. The molecule has 0 saturated carbocycles. The zero-order valence-corrected chi connectivity index (χ0v) is 13.2. The maximum atomic E-state index is 12.4. The predicted octanol–water partition coefficient (Wildman–Crippen LogP) is 4.07. The monoisotopic (exact) mass is 316 g/mol. The zero-order valence-electron chi connectivity index (χ0n) is 12.5. The third-order valence-electron chi connectivity index (χ3n) is 3.46. The Labute approximate surface area is 133 Å². The van der Waals surface area contributed by atoms with E-state index in [2.05, 4.69) is 5.32 Å². The summed E-state index contributed by atoms with van der Waals surface area (Å²) in [5.41, 5.74) is 3.11. The number of nitrogens with one attached hydrogen (secondary N) is 1. The fraction of sp³-hybridized carbons (Fsp3) is 0.235. The first-order valence-electron chi connectivity index (χ1n) is 7.17. The molecule has 1 aromatic carbocycles. The molecule has 2 aromatic heterocycles. The van der Waals surface area contributed by atoms with Crippen LogP contribution in [0, 0.1) is 0 Å². The van der Waals surface area contributed by atoms with Crippen LogP contribution in [-0.4, -0.2) is 16.5 Å². The number of nitrogens with zero attached hydrogens (tertiary/aromatic N) is 1. The summed E-state index contributed by atoms with van der Waals surface area (Å²) in [6.45, 7) is 4.39. The van der Waals surface area contributed by atoms with E-state index in [9.17, 15) is 4.79 Å². The molecule has 1 N–H and O–H groups in total. The van der Waals surface area contributed by atoms with E-state index in [1.807, 2.05) is 48.7 Å². The van der Waals surface area contributed by atoms with Gasteiger partial charge in [-0.25, -0.2) is 0 Å². The predicted molar refractivity (Wildman–Crippen MR) is 87.4 cm³/mol. The van der Waals surface area contributed by atoms with E-state index >= 15 is 0 Å². The van der Waals surface area contributed by atoms with Gasteiger partial charge in [0.2, 0.25) is 0 Å². The molecule has 0 bridgehead atoms. The lowest BCUT2D eigenvalue weighted by Gasteiger charge is -2.13. The summed E-state index contributed by atoms with van der Waals surface area (Å²) >= 11 is 6.25. The molecule has 2 heterocycles. The van der Waals surface area contributed by atoms with E-state index in [4.69, 9.17) is 16.0 Å². The van der Waals surface area contributed by atoms with E-state index in [0.717, 1.165) is 11.1 Å². The molecule has 0 saturated heterocycles. The van der Waals surface area contributed by atoms with Crippen molar-refractivity contribution in [2.75, 3.05) is 0 Å². The molecule has 0 atom stereocenters. The highest BCUT2D eigenvalue weighted by Crippen LogP contribution is 2.24. The highest BCUT2D eigenvalue weighted by atomic mass is 35.5. The lowest BCUT2D eigenvalue weighted by molar-refractivity contribution is 0.0934. The zero-order chi connectivity index (χ0) is 15.7. The van der Waals surface area contributed by atoms with Crippen molar-refractivity contribution in [2.45, 2.75) is 26.4 Å². The molecule has 0 spiro atoms. The minimum Gasteiger partial charge on any atom is -0.463 e. The van der Waals surface area contributed by atoms with Gasteiger partial charge in [0.15, 0.2) is 5.58 Å². The summed E-state index contributed by atoms with van der Waals surface area (Å²) in [6.07, 6.45) is 1.62. The average Bonchev–Trinajstić information content (AvgIpc) is 3.03. The molecule has 0 radical (unpaired) electrons. The maximum absolute atomic E-state index is 12.4. The van der Waals surface area contributed by atoms with Crippen LogP contribution in [0.1, 0.15) is 29.9 Å². The number of amides is 1. The minimum atomic E-state index is -0.117. The Kier molecular flexibility index (Phi) is 3.94. The lowest BCUT2D eigenvalue weighted by Crippen LogP contribution is -2.31. The Bertz CT molecular complexity index is 817. The number of benzene rings is 1. The third kappa shape index (κ3) is 2.74. The van der Waals surface area contributed by atoms with Crippen LogP contribution >= 0.6 is 11.6 Å². The van der Waals surface area contributed by atoms with E-state index in [1.54, 1.807) is 12.3 Å². The number of hydrogen-bond acceptors (Lipinski definition) is 2. The Hall–Kier alpha value is -2.20. The molecule has 5 heteroatoms. The van der Waals surface area contributed by atoms with E-state index in [0.29, 0.717) is 22.8 Å². The van der Waals surface area contributed by atoms with Gasteiger partial charge in [0.1, 0.15) is 5.69 Å². The summed E-state index contributed by atoms with van der Waals surface area (Å²) in [5, 5.41) is 3.60.